The fraction of sp³-hybridized carbons (Fsp3) is 0.200. The molecular weight excluding hydrogens is 276 g/mol. The summed E-state index contributed by atoms with van der Waals surface area (Å²) in [6.45, 7) is 4.01. The summed E-state index contributed by atoms with van der Waals surface area (Å²) in [5.41, 5.74) is 3.11. The molecule has 0 fully saturated rings. The molecule has 20 heavy (non-hydrogen) atoms. The summed E-state index contributed by atoms with van der Waals surface area (Å²) in [5, 5.41) is 12.6. The molecule has 4 nitrogen and oxygen atoms in total. The Morgan fingerprint density at radius 1 is 1.35 bits per heavy atom. The number of nitrogens with one attached hydrogen (secondary N) is 1. The third-order valence-corrected chi connectivity index (χ3v) is 3.29. The minimum absolute atomic E-state index is 0.0970. The van der Waals surface area contributed by atoms with Crippen LogP contribution in [0, 0.1) is 6.92 Å². The van der Waals surface area contributed by atoms with E-state index >= 15 is 0 Å². The molecule has 1 heterocycles. The van der Waals surface area contributed by atoms with Crippen LogP contribution in [0.2, 0.25) is 5.15 Å². The predicted octanol–water partition coefficient (Wildman–Crippen LogP) is 4.05. The van der Waals surface area contributed by atoms with E-state index in [0.29, 0.717) is 0 Å². The Labute approximate surface area is 122 Å². The number of para-hydroxylation sites is 1. The van der Waals surface area contributed by atoms with Gasteiger partial charge in [-0.05, 0) is 36.6 Å². The highest BCUT2D eigenvalue weighted by Crippen LogP contribution is 2.27. The van der Waals surface area contributed by atoms with Crippen molar-refractivity contribution < 1.29 is 9.90 Å². The molecule has 1 aromatic heterocycles. The van der Waals surface area contributed by atoms with Gasteiger partial charge in [0.25, 0.3) is 0 Å². The van der Waals surface area contributed by atoms with Gasteiger partial charge in [-0.3, -0.25) is 0 Å². The monoisotopic (exact) mass is 290 g/mol. The lowest BCUT2D eigenvalue weighted by molar-refractivity contribution is 0.0697. The highest BCUT2D eigenvalue weighted by molar-refractivity contribution is 6.29. The van der Waals surface area contributed by atoms with Crippen LogP contribution in [0.3, 0.4) is 0 Å². The number of aryl methyl sites for hydroxylation is 2. The minimum atomic E-state index is -1.04. The number of aromatic carboxylic acids is 1. The number of hydrogen-bond acceptors (Lipinski definition) is 3. The van der Waals surface area contributed by atoms with Gasteiger partial charge in [0.05, 0.1) is 0 Å². The van der Waals surface area contributed by atoms with Gasteiger partial charge in [-0.2, -0.15) is 0 Å². The Balaban J connectivity index is 2.50. The van der Waals surface area contributed by atoms with E-state index in [4.69, 9.17) is 11.6 Å². The molecule has 0 amide bonds. The highest BCUT2D eigenvalue weighted by Gasteiger charge is 2.14. The first-order valence-electron chi connectivity index (χ1n) is 6.28. The smallest absolute Gasteiger partial charge is 0.339 e. The van der Waals surface area contributed by atoms with Crippen molar-refractivity contribution in [1.82, 2.24) is 4.98 Å². The van der Waals surface area contributed by atoms with E-state index in [1.807, 2.05) is 32.0 Å². The molecule has 104 valence electrons. The first-order chi connectivity index (χ1) is 9.52. The molecule has 0 atom stereocenters. The van der Waals surface area contributed by atoms with Gasteiger partial charge in [-0.15, -0.1) is 0 Å². The van der Waals surface area contributed by atoms with E-state index in [1.54, 1.807) is 0 Å². The maximum atomic E-state index is 11.2. The molecular formula is C15H15ClN2O2. The average molecular weight is 291 g/mol. The summed E-state index contributed by atoms with van der Waals surface area (Å²) in [5.74, 6) is -0.780. The number of aromatic nitrogens is 1. The van der Waals surface area contributed by atoms with Gasteiger partial charge in [-0.25, -0.2) is 9.78 Å². The van der Waals surface area contributed by atoms with Crippen molar-refractivity contribution in [2.75, 3.05) is 5.32 Å². The number of carboxylic acids is 1. The Morgan fingerprint density at radius 2 is 2.10 bits per heavy atom. The van der Waals surface area contributed by atoms with Gasteiger partial charge in [0.15, 0.2) is 0 Å². The lowest BCUT2D eigenvalue weighted by atomic mass is 10.1. The van der Waals surface area contributed by atoms with Crippen LogP contribution in [0.4, 0.5) is 11.5 Å². The molecule has 0 bridgehead atoms. The number of pyridine rings is 1. The molecule has 0 spiro atoms. The van der Waals surface area contributed by atoms with Crippen molar-refractivity contribution in [3.63, 3.8) is 0 Å². The molecule has 2 N–H and O–H groups in total. The van der Waals surface area contributed by atoms with Crippen molar-refractivity contribution in [3.05, 3.63) is 52.2 Å². The van der Waals surface area contributed by atoms with Crippen LogP contribution >= 0.6 is 11.6 Å². The van der Waals surface area contributed by atoms with E-state index in [9.17, 15) is 9.90 Å². The first kappa shape index (κ1) is 14.3. The van der Waals surface area contributed by atoms with Crippen LogP contribution in [0.5, 0.6) is 0 Å². The van der Waals surface area contributed by atoms with E-state index < -0.39 is 5.97 Å². The van der Waals surface area contributed by atoms with Gasteiger partial charge in [0, 0.05) is 5.69 Å². The Kier molecular flexibility index (Phi) is 4.25. The van der Waals surface area contributed by atoms with Gasteiger partial charge >= 0.3 is 5.97 Å². The van der Waals surface area contributed by atoms with Crippen molar-refractivity contribution in [3.8, 4) is 0 Å². The van der Waals surface area contributed by atoms with Crippen molar-refractivity contribution in [1.29, 1.82) is 0 Å². The molecule has 0 aliphatic heterocycles. The predicted molar refractivity (Wildman–Crippen MR) is 80.0 cm³/mol. The third kappa shape index (κ3) is 2.91. The van der Waals surface area contributed by atoms with Crippen LogP contribution in [0.15, 0.2) is 30.3 Å². The maximum Gasteiger partial charge on any atom is 0.339 e. The Bertz CT molecular complexity index is 656. The zero-order valence-electron chi connectivity index (χ0n) is 11.3. The first-order valence-corrected chi connectivity index (χ1v) is 6.66. The van der Waals surface area contributed by atoms with Crippen LogP contribution in [0.25, 0.3) is 0 Å². The average Bonchev–Trinajstić information content (AvgIpc) is 2.40. The number of anilines is 2. The van der Waals surface area contributed by atoms with E-state index in [1.165, 1.54) is 12.1 Å². The highest BCUT2D eigenvalue weighted by atomic mass is 35.5. The molecule has 0 aliphatic carbocycles. The Morgan fingerprint density at radius 3 is 2.75 bits per heavy atom. The molecule has 2 aromatic rings. The molecule has 2 rings (SSSR count). The fourth-order valence-electron chi connectivity index (χ4n) is 2.02. The van der Waals surface area contributed by atoms with Crippen LogP contribution < -0.4 is 5.32 Å². The fourth-order valence-corrected chi connectivity index (χ4v) is 2.17. The topological polar surface area (TPSA) is 62.2 Å². The van der Waals surface area contributed by atoms with E-state index in [2.05, 4.69) is 10.3 Å². The molecule has 0 radical (unpaired) electrons. The lowest BCUT2D eigenvalue weighted by Crippen LogP contribution is -2.07. The van der Waals surface area contributed by atoms with Crippen LogP contribution in [-0.2, 0) is 6.42 Å². The largest absolute Gasteiger partial charge is 0.478 e. The molecule has 0 saturated carbocycles. The quantitative estimate of drug-likeness (QED) is 0.834. The summed E-state index contributed by atoms with van der Waals surface area (Å²) < 4.78 is 0. The second-order valence-corrected chi connectivity index (χ2v) is 4.81. The van der Waals surface area contributed by atoms with Crippen molar-refractivity contribution >= 4 is 29.1 Å². The number of carbonyl (C=O) groups is 1. The SMILES string of the molecule is CCc1cccc(C)c1Nc1nc(Cl)ccc1C(=O)O. The van der Waals surface area contributed by atoms with Crippen LogP contribution in [-0.4, -0.2) is 16.1 Å². The van der Waals surface area contributed by atoms with Crippen molar-refractivity contribution in [2.45, 2.75) is 20.3 Å². The molecule has 0 aliphatic rings. The number of halogens is 1. The van der Waals surface area contributed by atoms with Crippen LogP contribution in [0.1, 0.15) is 28.4 Å². The summed E-state index contributed by atoms with van der Waals surface area (Å²) in [6, 6.07) is 8.86. The number of hydrogen-bond donors (Lipinski definition) is 2. The normalized spacial score (nSPS) is 10.3. The van der Waals surface area contributed by atoms with Crippen molar-refractivity contribution in [2.24, 2.45) is 0 Å². The Hall–Kier alpha value is -2.07. The standard InChI is InChI=1S/C15H15ClN2O2/c1-3-10-6-4-5-9(2)13(10)18-14-11(15(19)20)7-8-12(16)17-14/h4-8H,3H2,1-2H3,(H,17,18)(H,19,20). The summed E-state index contributed by atoms with van der Waals surface area (Å²) >= 11 is 5.86. The number of benzene rings is 1. The lowest BCUT2D eigenvalue weighted by Gasteiger charge is -2.15. The zero-order valence-corrected chi connectivity index (χ0v) is 12.0. The van der Waals surface area contributed by atoms with Gasteiger partial charge in [-0.1, -0.05) is 36.7 Å². The van der Waals surface area contributed by atoms with Gasteiger partial charge in [0.1, 0.15) is 16.5 Å². The van der Waals surface area contributed by atoms with E-state index in [0.717, 1.165) is 23.2 Å². The molecule has 0 unspecified atom stereocenters. The molecule has 5 heteroatoms. The van der Waals surface area contributed by atoms with Gasteiger partial charge in [0.2, 0.25) is 0 Å². The number of carboxylic acid groups (broad SMARTS) is 1. The minimum Gasteiger partial charge on any atom is -0.478 e. The number of rotatable bonds is 4. The number of nitrogens with zero attached hydrogens (tertiary/aromatic N) is 1. The molecule has 0 saturated heterocycles. The summed E-state index contributed by atoms with van der Waals surface area (Å²) in [4.78, 5) is 15.3. The molecule has 1 aromatic carbocycles. The summed E-state index contributed by atoms with van der Waals surface area (Å²) in [7, 11) is 0. The zero-order chi connectivity index (χ0) is 14.7. The second kappa shape index (κ2) is 5.92. The summed E-state index contributed by atoms with van der Waals surface area (Å²) in [6.07, 6.45) is 0.840. The third-order valence-electron chi connectivity index (χ3n) is 3.08. The second-order valence-electron chi connectivity index (χ2n) is 4.42. The maximum absolute atomic E-state index is 11.2. The van der Waals surface area contributed by atoms with E-state index in [-0.39, 0.29) is 16.5 Å². The van der Waals surface area contributed by atoms with Gasteiger partial charge < -0.3 is 10.4 Å².